The van der Waals surface area contributed by atoms with Gasteiger partial charge in [-0.2, -0.15) is 0 Å². The summed E-state index contributed by atoms with van der Waals surface area (Å²) in [5.41, 5.74) is -0.0443. The lowest BCUT2D eigenvalue weighted by molar-refractivity contribution is 0.0215. The Kier molecular flexibility index (Phi) is 4.37. The Morgan fingerprint density at radius 2 is 2.10 bits per heavy atom. The fourth-order valence-electron chi connectivity index (χ4n) is 1.90. The summed E-state index contributed by atoms with van der Waals surface area (Å²) < 4.78 is 20.0. The van der Waals surface area contributed by atoms with E-state index in [9.17, 15) is 9.18 Å². The van der Waals surface area contributed by atoms with Crippen molar-refractivity contribution < 1.29 is 13.9 Å². The van der Waals surface area contributed by atoms with E-state index in [1.165, 1.54) is 6.07 Å². The van der Waals surface area contributed by atoms with Gasteiger partial charge in [0.05, 0.1) is 6.54 Å². The van der Waals surface area contributed by atoms with Gasteiger partial charge in [-0.05, 0) is 51.8 Å². The third-order valence-electron chi connectivity index (χ3n) is 2.96. The van der Waals surface area contributed by atoms with Gasteiger partial charge in [0.15, 0.2) is 0 Å². The largest absolute Gasteiger partial charge is 0.444 e. The van der Waals surface area contributed by atoms with Gasteiger partial charge in [-0.3, -0.25) is 0 Å². The lowest BCUT2D eigenvalue weighted by Gasteiger charge is -2.27. The maximum absolute atomic E-state index is 13.8. The molecule has 1 fully saturated rings. The molecule has 0 aliphatic heterocycles. The Labute approximate surface area is 127 Å². The number of ether oxygens (including phenoxy) is 1. The van der Waals surface area contributed by atoms with E-state index in [-0.39, 0.29) is 24.5 Å². The first-order chi connectivity index (χ1) is 9.26. The van der Waals surface area contributed by atoms with Crippen LogP contribution in [0.1, 0.15) is 39.2 Å². The Bertz CT molecular complexity index is 509. The Morgan fingerprint density at radius 1 is 1.45 bits per heavy atom. The second-order valence-corrected chi connectivity index (χ2v) is 6.99. The zero-order chi connectivity index (χ0) is 14.9. The molecule has 1 aromatic carbocycles. The fraction of sp³-hybridized carbons (Fsp3) is 0.533. The van der Waals surface area contributed by atoms with Crippen LogP contribution in [0.25, 0.3) is 0 Å². The van der Waals surface area contributed by atoms with Crippen molar-refractivity contribution in [3.05, 3.63) is 34.1 Å². The molecule has 0 spiro atoms. The molecule has 3 nitrogen and oxygen atoms in total. The third-order valence-corrected chi connectivity index (χ3v) is 3.46. The second-order valence-electron chi connectivity index (χ2n) is 6.08. The fourth-order valence-corrected chi connectivity index (χ4v) is 2.31. The van der Waals surface area contributed by atoms with Crippen molar-refractivity contribution in [3.63, 3.8) is 0 Å². The molecule has 0 saturated heterocycles. The van der Waals surface area contributed by atoms with Crippen molar-refractivity contribution in [1.82, 2.24) is 4.90 Å². The van der Waals surface area contributed by atoms with Crippen LogP contribution < -0.4 is 0 Å². The van der Waals surface area contributed by atoms with E-state index < -0.39 is 5.60 Å². The molecule has 110 valence electrons. The summed E-state index contributed by atoms with van der Waals surface area (Å²) >= 11 is 3.32. The van der Waals surface area contributed by atoms with E-state index in [4.69, 9.17) is 4.74 Å². The standard InChI is InChI=1S/C15H19BrFNO2/c1-15(2,3)20-14(19)18(12-5-6-12)9-10-8-11(16)4-7-13(10)17/h4,7-8,12H,5-6,9H2,1-3H3. The molecule has 0 atom stereocenters. The molecule has 1 aromatic rings. The van der Waals surface area contributed by atoms with Crippen LogP contribution >= 0.6 is 15.9 Å². The topological polar surface area (TPSA) is 29.5 Å². The molecule has 5 heteroatoms. The van der Waals surface area contributed by atoms with Crippen molar-refractivity contribution in [3.8, 4) is 0 Å². The van der Waals surface area contributed by atoms with Crippen LogP contribution in [0.4, 0.5) is 9.18 Å². The zero-order valence-corrected chi connectivity index (χ0v) is 13.5. The summed E-state index contributed by atoms with van der Waals surface area (Å²) in [5.74, 6) is -0.303. The molecule has 0 bridgehead atoms. The number of nitrogens with zero attached hydrogens (tertiary/aromatic N) is 1. The smallest absolute Gasteiger partial charge is 0.410 e. The molecule has 0 unspecified atom stereocenters. The first kappa shape index (κ1) is 15.3. The highest BCUT2D eigenvalue weighted by Crippen LogP contribution is 2.30. The second kappa shape index (κ2) is 5.72. The van der Waals surface area contributed by atoms with E-state index >= 15 is 0 Å². The van der Waals surface area contributed by atoms with Gasteiger partial charge >= 0.3 is 6.09 Å². The van der Waals surface area contributed by atoms with E-state index in [0.29, 0.717) is 5.56 Å². The summed E-state index contributed by atoms with van der Waals surface area (Å²) in [7, 11) is 0. The molecule has 0 radical (unpaired) electrons. The minimum absolute atomic E-state index is 0.170. The SMILES string of the molecule is CC(C)(C)OC(=O)N(Cc1cc(Br)ccc1F)C1CC1. The lowest BCUT2D eigenvalue weighted by atomic mass is 10.2. The third kappa shape index (κ3) is 4.20. The molecule has 1 aliphatic carbocycles. The molecular formula is C15H19BrFNO2. The minimum atomic E-state index is -0.542. The van der Waals surface area contributed by atoms with E-state index in [2.05, 4.69) is 15.9 Å². The average Bonchev–Trinajstić information content (AvgIpc) is 3.11. The number of benzene rings is 1. The number of hydrogen-bond donors (Lipinski definition) is 0. The van der Waals surface area contributed by atoms with E-state index in [1.54, 1.807) is 17.0 Å². The van der Waals surface area contributed by atoms with Crippen LogP contribution in [0.2, 0.25) is 0 Å². The lowest BCUT2D eigenvalue weighted by Crippen LogP contribution is -2.38. The van der Waals surface area contributed by atoms with Crippen molar-refractivity contribution in [2.75, 3.05) is 0 Å². The summed E-state index contributed by atoms with van der Waals surface area (Å²) in [5, 5.41) is 0. The first-order valence-electron chi connectivity index (χ1n) is 6.70. The predicted molar refractivity (Wildman–Crippen MR) is 78.9 cm³/mol. The van der Waals surface area contributed by atoms with Gasteiger partial charge in [0.25, 0.3) is 0 Å². The molecule has 1 amide bonds. The van der Waals surface area contributed by atoms with Gasteiger partial charge in [0.2, 0.25) is 0 Å². The molecule has 0 aromatic heterocycles. The molecule has 20 heavy (non-hydrogen) atoms. The Hall–Kier alpha value is -1.10. The van der Waals surface area contributed by atoms with Crippen LogP contribution in [0, 0.1) is 5.82 Å². The molecule has 0 N–H and O–H groups in total. The van der Waals surface area contributed by atoms with Crippen molar-refractivity contribution in [2.45, 2.75) is 51.8 Å². The van der Waals surface area contributed by atoms with Crippen LogP contribution in [0.5, 0.6) is 0 Å². The highest BCUT2D eigenvalue weighted by Gasteiger charge is 2.35. The highest BCUT2D eigenvalue weighted by molar-refractivity contribution is 9.10. The number of rotatable bonds is 3. The maximum Gasteiger partial charge on any atom is 0.410 e. The minimum Gasteiger partial charge on any atom is -0.444 e. The number of halogens is 2. The summed E-state index contributed by atoms with van der Waals surface area (Å²) in [6.07, 6.45) is 1.53. The van der Waals surface area contributed by atoms with Gasteiger partial charge in [0.1, 0.15) is 11.4 Å². The number of carbonyl (C=O) groups is 1. The van der Waals surface area contributed by atoms with E-state index in [0.717, 1.165) is 17.3 Å². The Morgan fingerprint density at radius 3 is 2.65 bits per heavy atom. The van der Waals surface area contributed by atoms with Crippen molar-refractivity contribution in [2.24, 2.45) is 0 Å². The van der Waals surface area contributed by atoms with Gasteiger partial charge < -0.3 is 9.64 Å². The predicted octanol–water partition coefficient (Wildman–Crippen LogP) is 4.49. The number of carbonyl (C=O) groups excluding carboxylic acids is 1. The maximum atomic E-state index is 13.8. The summed E-state index contributed by atoms with van der Waals surface area (Å²) in [6, 6.07) is 4.92. The first-order valence-corrected chi connectivity index (χ1v) is 7.49. The van der Waals surface area contributed by atoms with Gasteiger partial charge in [-0.25, -0.2) is 9.18 Å². The van der Waals surface area contributed by atoms with Crippen LogP contribution in [-0.4, -0.2) is 22.6 Å². The summed E-state index contributed by atoms with van der Waals surface area (Å²) in [6.45, 7) is 5.73. The molecule has 1 aliphatic rings. The van der Waals surface area contributed by atoms with Gasteiger partial charge in [0, 0.05) is 16.1 Å². The number of amides is 1. The quantitative estimate of drug-likeness (QED) is 0.809. The molecule has 2 rings (SSSR count). The van der Waals surface area contributed by atoms with E-state index in [1.807, 2.05) is 20.8 Å². The summed E-state index contributed by atoms with van der Waals surface area (Å²) in [4.78, 5) is 13.8. The highest BCUT2D eigenvalue weighted by atomic mass is 79.9. The molecule has 1 saturated carbocycles. The van der Waals surface area contributed by atoms with Crippen molar-refractivity contribution in [1.29, 1.82) is 0 Å². The Balaban J connectivity index is 2.13. The molecular weight excluding hydrogens is 325 g/mol. The average molecular weight is 344 g/mol. The monoisotopic (exact) mass is 343 g/mol. The van der Waals surface area contributed by atoms with Gasteiger partial charge in [-0.15, -0.1) is 0 Å². The van der Waals surface area contributed by atoms with Crippen LogP contribution in [0.15, 0.2) is 22.7 Å². The number of hydrogen-bond acceptors (Lipinski definition) is 2. The normalized spacial score (nSPS) is 15.1. The van der Waals surface area contributed by atoms with Crippen LogP contribution in [0.3, 0.4) is 0 Å². The molecule has 0 heterocycles. The zero-order valence-electron chi connectivity index (χ0n) is 12.0. The van der Waals surface area contributed by atoms with Crippen molar-refractivity contribution >= 4 is 22.0 Å². The van der Waals surface area contributed by atoms with Gasteiger partial charge in [-0.1, -0.05) is 15.9 Å². The van der Waals surface area contributed by atoms with Crippen LogP contribution in [-0.2, 0) is 11.3 Å².